The minimum absolute atomic E-state index is 0.332. The summed E-state index contributed by atoms with van der Waals surface area (Å²) in [6.45, 7) is 7.70. The van der Waals surface area contributed by atoms with Crippen molar-refractivity contribution in [3.8, 4) is 0 Å². The zero-order valence-electron chi connectivity index (χ0n) is 9.76. The maximum atomic E-state index is 10.3. The van der Waals surface area contributed by atoms with Crippen molar-refractivity contribution in [3.63, 3.8) is 0 Å². The van der Waals surface area contributed by atoms with Crippen molar-refractivity contribution in [1.29, 1.82) is 0 Å². The number of unbranched alkanes of at least 4 members (excludes halogenated alkanes) is 2. The Morgan fingerprint density at radius 2 is 1.79 bits per heavy atom. The fraction of sp³-hybridized carbons (Fsp3) is 1.00. The second kappa shape index (κ2) is 5.72. The van der Waals surface area contributed by atoms with Crippen LogP contribution in [0.25, 0.3) is 0 Å². The highest BCUT2D eigenvalue weighted by Crippen LogP contribution is 2.27. The summed E-state index contributed by atoms with van der Waals surface area (Å²) in [6, 6.07) is 0. The van der Waals surface area contributed by atoms with E-state index in [-0.39, 0.29) is 5.60 Å². The van der Waals surface area contributed by atoms with Crippen molar-refractivity contribution in [2.24, 2.45) is 0 Å². The molecule has 84 valence electrons. The van der Waals surface area contributed by atoms with Gasteiger partial charge in [0, 0.05) is 13.1 Å². The Morgan fingerprint density at radius 1 is 1.14 bits per heavy atom. The van der Waals surface area contributed by atoms with Gasteiger partial charge in [-0.25, -0.2) is 0 Å². The van der Waals surface area contributed by atoms with Crippen LogP contribution in [0.1, 0.15) is 52.4 Å². The molecule has 0 aromatic heterocycles. The molecule has 2 nitrogen and oxygen atoms in total. The van der Waals surface area contributed by atoms with Gasteiger partial charge in [0.2, 0.25) is 0 Å². The van der Waals surface area contributed by atoms with Crippen LogP contribution in [-0.4, -0.2) is 35.2 Å². The lowest BCUT2D eigenvalue weighted by Crippen LogP contribution is -2.44. The number of hydrogen-bond acceptors (Lipinski definition) is 2. The van der Waals surface area contributed by atoms with Gasteiger partial charge in [0.15, 0.2) is 0 Å². The molecular weight excluding hydrogens is 174 g/mol. The van der Waals surface area contributed by atoms with Crippen LogP contribution in [0, 0.1) is 0 Å². The largest absolute Gasteiger partial charge is 0.390 e. The monoisotopic (exact) mass is 199 g/mol. The average molecular weight is 199 g/mol. The summed E-state index contributed by atoms with van der Waals surface area (Å²) in [5, 5.41) is 10.3. The van der Waals surface area contributed by atoms with Gasteiger partial charge in [0.25, 0.3) is 0 Å². The van der Waals surface area contributed by atoms with E-state index in [1.165, 1.54) is 19.3 Å². The van der Waals surface area contributed by atoms with Gasteiger partial charge in [0.05, 0.1) is 5.60 Å². The van der Waals surface area contributed by atoms with Gasteiger partial charge in [-0.15, -0.1) is 0 Å². The van der Waals surface area contributed by atoms with Crippen molar-refractivity contribution in [2.45, 2.75) is 58.0 Å². The third-order valence-corrected chi connectivity index (χ3v) is 3.48. The van der Waals surface area contributed by atoms with Crippen LogP contribution in [0.3, 0.4) is 0 Å². The van der Waals surface area contributed by atoms with Crippen LogP contribution < -0.4 is 0 Å². The summed E-state index contributed by atoms with van der Waals surface area (Å²) < 4.78 is 0. The number of likely N-dealkylation sites (tertiary alicyclic amines) is 1. The summed E-state index contributed by atoms with van der Waals surface area (Å²) in [5.41, 5.74) is -0.332. The Balaban J connectivity index is 2.23. The molecule has 0 aliphatic carbocycles. The molecule has 1 saturated heterocycles. The third kappa shape index (κ3) is 3.58. The molecule has 1 rings (SSSR count). The molecule has 0 amide bonds. The summed E-state index contributed by atoms with van der Waals surface area (Å²) in [7, 11) is 0. The zero-order chi connectivity index (χ0) is 10.4. The lowest BCUT2D eigenvalue weighted by molar-refractivity contribution is -0.0281. The van der Waals surface area contributed by atoms with E-state index >= 15 is 0 Å². The van der Waals surface area contributed by atoms with Gasteiger partial charge in [-0.1, -0.05) is 33.1 Å². The fourth-order valence-corrected chi connectivity index (χ4v) is 2.24. The minimum Gasteiger partial charge on any atom is -0.390 e. The van der Waals surface area contributed by atoms with Crippen LogP contribution in [-0.2, 0) is 0 Å². The van der Waals surface area contributed by atoms with E-state index in [1.54, 1.807) is 0 Å². The average Bonchev–Trinajstić information content (AvgIpc) is 2.19. The first kappa shape index (κ1) is 12.0. The molecule has 2 heteroatoms. The molecule has 1 N–H and O–H groups in total. The Kier molecular flexibility index (Phi) is 4.90. The van der Waals surface area contributed by atoms with Gasteiger partial charge in [-0.2, -0.15) is 0 Å². The van der Waals surface area contributed by atoms with Crippen molar-refractivity contribution in [3.05, 3.63) is 0 Å². The molecule has 14 heavy (non-hydrogen) atoms. The molecule has 1 aliphatic rings. The Morgan fingerprint density at radius 3 is 2.29 bits per heavy atom. The highest BCUT2D eigenvalue weighted by atomic mass is 16.3. The molecule has 0 radical (unpaired) electrons. The fourth-order valence-electron chi connectivity index (χ4n) is 2.24. The molecule has 1 fully saturated rings. The summed E-state index contributed by atoms with van der Waals surface area (Å²) in [6.07, 6.45) is 6.67. The summed E-state index contributed by atoms with van der Waals surface area (Å²) in [5.74, 6) is 0. The second-order valence-electron chi connectivity index (χ2n) is 4.62. The lowest BCUT2D eigenvalue weighted by atomic mass is 9.86. The quantitative estimate of drug-likeness (QED) is 0.687. The number of rotatable bonds is 5. The van der Waals surface area contributed by atoms with Gasteiger partial charge in [-0.05, 0) is 25.8 Å². The predicted octanol–water partition coefficient (Wildman–Crippen LogP) is 2.41. The number of piperidine rings is 1. The first-order chi connectivity index (χ1) is 6.70. The predicted molar refractivity (Wildman–Crippen MR) is 60.4 cm³/mol. The van der Waals surface area contributed by atoms with Crippen LogP contribution in [0.5, 0.6) is 0 Å². The van der Waals surface area contributed by atoms with E-state index in [2.05, 4.69) is 18.7 Å². The van der Waals surface area contributed by atoms with Crippen LogP contribution in [0.15, 0.2) is 0 Å². The molecule has 0 aromatic carbocycles. The van der Waals surface area contributed by atoms with Gasteiger partial charge < -0.3 is 10.0 Å². The number of nitrogens with zero attached hydrogens (tertiary/aromatic N) is 1. The summed E-state index contributed by atoms with van der Waals surface area (Å²) in [4.78, 5) is 2.42. The topological polar surface area (TPSA) is 23.5 Å². The molecule has 1 aliphatic heterocycles. The van der Waals surface area contributed by atoms with E-state index < -0.39 is 0 Å². The molecule has 0 aromatic rings. The SMILES string of the molecule is CCCCCC1(O)CCN(CC)CC1. The third-order valence-electron chi connectivity index (χ3n) is 3.48. The standard InChI is InChI=1S/C12H25NO/c1-3-5-6-7-12(14)8-10-13(4-2)11-9-12/h14H,3-11H2,1-2H3. The maximum absolute atomic E-state index is 10.3. The normalized spacial score (nSPS) is 22.5. The lowest BCUT2D eigenvalue weighted by Gasteiger charge is -2.37. The molecule has 0 saturated carbocycles. The Bertz CT molecular complexity index is 145. The highest BCUT2D eigenvalue weighted by molar-refractivity contribution is 4.85. The van der Waals surface area contributed by atoms with Gasteiger partial charge in [0.1, 0.15) is 0 Å². The molecule has 0 atom stereocenters. The molecule has 0 unspecified atom stereocenters. The van der Waals surface area contributed by atoms with E-state index in [0.29, 0.717) is 0 Å². The van der Waals surface area contributed by atoms with Crippen molar-refractivity contribution in [1.82, 2.24) is 4.90 Å². The van der Waals surface area contributed by atoms with Gasteiger partial charge >= 0.3 is 0 Å². The molecular formula is C12H25NO. The minimum atomic E-state index is -0.332. The second-order valence-corrected chi connectivity index (χ2v) is 4.62. The molecule has 0 bridgehead atoms. The van der Waals surface area contributed by atoms with E-state index in [9.17, 15) is 5.11 Å². The smallest absolute Gasteiger partial charge is 0.0672 e. The highest BCUT2D eigenvalue weighted by Gasteiger charge is 2.30. The van der Waals surface area contributed by atoms with Crippen molar-refractivity contribution in [2.75, 3.05) is 19.6 Å². The first-order valence-electron chi connectivity index (χ1n) is 6.15. The van der Waals surface area contributed by atoms with E-state index in [0.717, 1.165) is 38.9 Å². The van der Waals surface area contributed by atoms with Crippen LogP contribution in [0.4, 0.5) is 0 Å². The summed E-state index contributed by atoms with van der Waals surface area (Å²) >= 11 is 0. The molecule has 1 heterocycles. The van der Waals surface area contributed by atoms with E-state index in [1.807, 2.05) is 0 Å². The van der Waals surface area contributed by atoms with Crippen molar-refractivity contribution >= 4 is 0 Å². The Hall–Kier alpha value is -0.0800. The number of aliphatic hydroxyl groups is 1. The van der Waals surface area contributed by atoms with Gasteiger partial charge in [-0.3, -0.25) is 0 Å². The first-order valence-corrected chi connectivity index (χ1v) is 6.15. The maximum Gasteiger partial charge on any atom is 0.0672 e. The number of hydrogen-bond donors (Lipinski definition) is 1. The van der Waals surface area contributed by atoms with Crippen LogP contribution in [0.2, 0.25) is 0 Å². The van der Waals surface area contributed by atoms with E-state index in [4.69, 9.17) is 0 Å². The van der Waals surface area contributed by atoms with Crippen LogP contribution >= 0.6 is 0 Å². The van der Waals surface area contributed by atoms with Crippen molar-refractivity contribution < 1.29 is 5.11 Å². The molecule has 0 spiro atoms. The zero-order valence-corrected chi connectivity index (χ0v) is 9.76. The Labute approximate surface area is 88.3 Å².